The summed E-state index contributed by atoms with van der Waals surface area (Å²) in [4.78, 5) is 0. The lowest BCUT2D eigenvalue weighted by Crippen LogP contribution is -2.34. The zero-order valence-electron chi connectivity index (χ0n) is 17.3. The minimum atomic E-state index is 0.158. The molecule has 0 bridgehead atoms. The number of rotatable bonds is 5. The quantitative estimate of drug-likeness (QED) is 0.551. The van der Waals surface area contributed by atoms with Crippen LogP contribution in [0.3, 0.4) is 0 Å². The van der Waals surface area contributed by atoms with Gasteiger partial charge < -0.3 is 4.74 Å². The Hall–Kier alpha value is -0.890. The fourth-order valence-corrected chi connectivity index (χ4v) is 6.13. The third-order valence-electron chi connectivity index (χ3n) is 7.82. The van der Waals surface area contributed by atoms with Gasteiger partial charge in [-0.05, 0) is 105 Å². The van der Waals surface area contributed by atoms with E-state index < -0.39 is 0 Å². The average Bonchev–Trinajstić information content (AvgIpc) is 2.71. The molecule has 1 nitrogen and oxygen atoms in total. The van der Waals surface area contributed by atoms with Crippen molar-refractivity contribution in [2.75, 3.05) is 6.61 Å². The van der Waals surface area contributed by atoms with Crippen molar-refractivity contribution in [2.45, 2.75) is 96.5 Å². The average molecular weight is 373 g/mol. The maximum atomic E-state index is 15.4. The minimum absolute atomic E-state index is 0.158. The van der Waals surface area contributed by atoms with Crippen LogP contribution in [0.25, 0.3) is 0 Å². The first-order chi connectivity index (χ1) is 13.2. The van der Waals surface area contributed by atoms with Crippen LogP contribution in [0.1, 0.15) is 94.2 Å². The number of fused-ring (bicyclic) bond motifs is 2. The second kappa shape index (κ2) is 8.64. The van der Waals surface area contributed by atoms with E-state index in [0.29, 0.717) is 12.0 Å². The normalized spacial score (nSPS) is 33.4. The van der Waals surface area contributed by atoms with E-state index in [4.69, 9.17) is 4.74 Å². The molecular formula is C25H37FO. The number of ether oxygens (including phenoxy) is 1. The van der Waals surface area contributed by atoms with Crippen LogP contribution in [0.4, 0.5) is 4.39 Å². The topological polar surface area (TPSA) is 9.23 Å². The summed E-state index contributed by atoms with van der Waals surface area (Å²) in [7, 11) is 0. The van der Waals surface area contributed by atoms with Gasteiger partial charge in [0.05, 0.1) is 6.10 Å². The summed E-state index contributed by atoms with van der Waals surface area (Å²) in [5, 5.41) is 0. The molecule has 0 N–H and O–H groups in total. The van der Waals surface area contributed by atoms with Crippen molar-refractivity contribution >= 4 is 0 Å². The van der Waals surface area contributed by atoms with Crippen LogP contribution in [0.15, 0.2) is 12.1 Å². The summed E-state index contributed by atoms with van der Waals surface area (Å²) in [6.45, 7) is 5.36. The van der Waals surface area contributed by atoms with Crippen molar-refractivity contribution in [3.8, 4) is 0 Å². The van der Waals surface area contributed by atoms with Gasteiger partial charge in [-0.2, -0.15) is 0 Å². The molecule has 0 saturated heterocycles. The molecule has 1 aromatic carbocycles. The maximum absolute atomic E-state index is 15.4. The molecule has 0 heterocycles. The van der Waals surface area contributed by atoms with Gasteiger partial charge in [0.25, 0.3) is 0 Å². The monoisotopic (exact) mass is 372 g/mol. The molecule has 0 radical (unpaired) electrons. The molecule has 2 fully saturated rings. The van der Waals surface area contributed by atoms with Crippen molar-refractivity contribution in [1.82, 2.24) is 0 Å². The highest BCUT2D eigenvalue weighted by Crippen LogP contribution is 2.47. The Morgan fingerprint density at radius 1 is 1.00 bits per heavy atom. The van der Waals surface area contributed by atoms with E-state index in [0.717, 1.165) is 61.2 Å². The molecule has 150 valence electrons. The number of hydrogen-bond acceptors (Lipinski definition) is 1. The van der Waals surface area contributed by atoms with E-state index in [9.17, 15) is 0 Å². The van der Waals surface area contributed by atoms with Gasteiger partial charge >= 0.3 is 0 Å². The summed E-state index contributed by atoms with van der Waals surface area (Å²) in [6, 6.07) is 4.41. The lowest BCUT2D eigenvalue weighted by molar-refractivity contribution is -0.0148. The van der Waals surface area contributed by atoms with Gasteiger partial charge in [-0.1, -0.05) is 32.4 Å². The molecule has 2 heteroatoms. The SMILES string of the molecule is CCCOC1CCC2CC(c3ccc4c(c3F)CCC(CC)C4)CCC2C1. The van der Waals surface area contributed by atoms with Crippen LogP contribution in [0, 0.1) is 23.6 Å². The fourth-order valence-electron chi connectivity index (χ4n) is 6.13. The van der Waals surface area contributed by atoms with Gasteiger partial charge in [0.1, 0.15) is 5.82 Å². The first-order valence-corrected chi connectivity index (χ1v) is 11.6. The Morgan fingerprint density at radius 2 is 1.81 bits per heavy atom. The Balaban J connectivity index is 1.43. The highest BCUT2D eigenvalue weighted by atomic mass is 19.1. The zero-order valence-corrected chi connectivity index (χ0v) is 17.3. The predicted octanol–water partition coefficient (Wildman–Crippen LogP) is 6.82. The van der Waals surface area contributed by atoms with E-state index in [1.165, 1.54) is 50.5 Å². The molecule has 2 saturated carbocycles. The van der Waals surface area contributed by atoms with Crippen molar-refractivity contribution < 1.29 is 9.13 Å². The van der Waals surface area contributed by atoms with Gasteiger partial charge in [-0.15, -0.1) is 0 Å². The van der Waals surface area contributed by atoms with Crippen molar-refractivity contribution in [2.24, 2.45) is 17.8 Å². The van der Waals surface area contributed by atoms with Crippen LogP contribution in [-0.4, -0.2) is 12.7 Å². The van der Waals surface area contributed by atoms with Crippen molar-refractivity contribution in [3.63, 3.8) is 0 Å². The molecule has 0 aromatic heterocycles. The first-order valence-electron chi connectivity index (χ1n) is 11.6. The van der Waals surface area contributed by atoms with Crippen LogP contribution in [-0.2, 0) is 17.6 Å². The zero-order chi connectivity index (χ0) is 18.8. The summed E-state index contributed by atoms with van der Waals surface area (Å²) < 4.78 is 21.4. The van der Waals surface area contributed by atoms with E-state index >= 15 is 4.39 Å². The van der Waals surface area contributed by atoms with Crippen LogP contribution in [0.2, 0.25) is 0 Å². The molecule has 3 aliphatic rings. The lowest BCUT2D eigenvalue weighted by Gasteiger charge is -2.42. The third-order valence-corrected chi connectivity index (χ3v) is 7.82. The molecule has 0 amide bonds. The summed E-state index contributed by atoms with van der Waals surface area (Å²) in [6.07, 6.45) is 13.3. The smallest absolute Gasteiger partial charge is 0.130 e. The van der Waals surface area contributed by atoms with Crippen molar-refractivity contribution in [1.29, 1.82) is 0 Å². The summed E-state index contributed by atoms with van der Waals surface area (Å²) in [5.41, 5.74) is 3.37. The van der Waals surface area contributed by atoms with E-state index in [1.54, 1.807) is 0 Å². The second-order valence-electron chi connectivity index (χ2n) is 9.46. The van der Waals surface area contributed by atoms with Crippen LogP contribution in [0.5, 0.6) is 0 Å². The Bertz CT molecular complexity index is 639. The Morgan fingerprint density at radius 3 is 2.63 bits per heavy atom. The number of halogens is 1. The van der Waals surface area contributed by atoms with Gasteiger partial charge in [0.2, 0.25) is 0 Å². The van der Waals surface area contributed by atoms with Gasteiger partial charge in [-0.3, -0.25) is 0 Å². The number of hydrogen-bond donors (Lipinski definition) is 0. The predicted molar refractivity (Wildman–Crippen MR) is 110 cm³/mol. The lowest BCUT2D eigenvalue weighted by atomic mass is 9.65. The molecule has 4 rings (SSSR count). The van der Waals surface area contributed by atoms with Crippen LogP contribution >= 0.6 is 0 Å². The number of benzene rings is 1. The summed E-state index contributed by atoms with van der Waals surface area (Å²) >= 11 is 0. The van der Waals surface area contributed by atoms with Gasteiger partial charge in [0.15, 0.2) is 0 Å². The molecule has 27 heavy (non-hydrogen) atoms. The standard InChI is InChI=1S/C25H37FO/c1-3-13-27-22-10-8-18-15-21(7-6-19(18)16-22)24-12-9-20-14-17(4-2)5-11-23(20)25(24)26/h9,12,17-19,21-22H,3-8,10-11,13-16H2,1-2H3. The molecule has 0 aliphatic heterocycles. The first kappa shape index (κ1) is 19.4. The van der Waals surface area contributed by atoms with E-state index in [2.05, 4.69) is 26.0 Å². The highest BCUT2D eigenvalue weighted by Gasteiger charge is 2.37. The molecular weight excluding hydrogens is 335 g/mol. The molecule has 1 aromatic rings. The second-order valence-corrected chi connectivity index (χ2v) is 9.46. The van der Waals surface area contributed by atoms with E-state index in [-0.39, 0.29) is 5.82 Å². The van der Waals surface area contributed by atoms with Gasteiger partial charge in [0, 0.05) is 6.61 Å². The Labute approximate surface area is 165 Å². The van der Waals surface area contributed by atoms with Gasteiger partial charge in [-0.25, -0.2) is 4.39 Å². The molecule has 3 aliphatic carbocycles. The summed E-state index contributed by atoms with van der Waals surface area (Å²) in [5.74, 6) is 2.94. The third kappa shape index (κ3) is 4.11. The Kier molecular flexibility index (Phi) is 6.21. The van der Waals surface area contributed by atoms with Crippen LogP contribution < -0.4 is 0 Å². The fraction of sp³-hybridized carbons (Fsp3) is 0.760. The molecule has 0 spiro atoms. The van der Waals surface area contributed by atoms with Crippen molar-refractivity contribution in [3.05, 3.63) is 34.6 Å². The molecule has 5 atom stereocenters. The minimum Gasteiger partial charge on any atom is -0.378 e. The highest BCUT2D eigenvalue weighted by molar-refractivity contribution is 5.38. The maximum Gasteiger partial charge on any atom is 0.130 e. The molecule has 5 unspecified atom stereocenters. The van der Waals surface area contributed by atoms with E-state index in [1.807, 2.05) is 0 Å². The largest absolute Gasteiger partial charge is 0.378 e.